The molecule has 0 amide bonds. The van der Waals surface area contributed by atoms with Crippen LogP contribution < -0.4 is 4.72 Å². The lowest BCUT2D eigenvalue weighted by atomic mass is 10.0. The number of thioether (sulfide) groups is 1. The van der Waals surface area contributed by atoms with Gasteiger partial charge in [-0.3, -0.25) is 0 Å². The largest absolute Gasteiger partial charge is 0.244 e. The van der Waals surface area contributed by atoms with E-state index in [0.717, 1.165) is 6.07 Å². The van der Waals surface area contributed by atoms with E-state index in [0.29, 0.717) is 17.9 Å². The third-order valence-corrected chi connectivity index (χ3v) is 5.45. The zero-order chi connectivity index (χ0) is 13.2. The molecule has 1 fully saturated rings. The van der Waals surface area contributed by atoms with Crippen LogP contribution >= 0.6 is 11.8 Å². The highest BCUT2D eigenvalue weighted by Gasteiger charge is 2.39. The summed E-state index contributed by atoms with van der Waals surface area (Å²) < 4.78 is 39.9. The molecule has 1 saturated heterocycles. The van der Waals surface area contributed by atoms with Crippen LogP contribution in [0.5, 0.6) is 0 Å². The van der Waals surface area contributed by atoms with Crippen LogP contribution in [0.4, 0.5) is 4.39 Å². The molecule has 1 atom stereocenters. The number of hydrogen-bond acceptors (Lipinski definition) is 4. The van der Waals surface area contributed by atoms with Gasteiger partial charge in [-0.05, 0) is 24.3 Å². The molecule has 2 rings (SSSR count). The minimum Gasteiger partial charge on any atom is -0.207 e. The van der Waals surface area contributed by atoms with Crippen LogP contribution in [0.15, 0.2) is 29.2 Å². The van der Waals surface area contributed by atoms with E-state index in [-0.39, 0.29) is 0 Å². The van der Waals surface area contributed by atoms with Gasteiger partial charge in [0, 0.05) is 5.75 Å². The molecular formula is C11H11FN2O2S2. The van der Waals surface area contributed by atoms with Crippen molar-refractivity contribution in [2.24, 2.45) is 0 Å². The van der Waals surface area contributed by atoms with Gasteiger partial charge in [-0.1, -0.05) is 12.1 Å². The summed E-state index contributed by atoms with van der Waals surface area (Å²) >= 11 is 1.50. The van der Waals surface area contributed by atoms with Gasteiger partial charge in [0.1, 0.15) is 16.3 Å². The molecule has 7 heteroatoms. The van der Waals surface area contributed by atoms with Gasteiger partial charge in [-0.25, -0.2) is 12.8 Å². The molecule has 0 bridgehead atoms. The van der Waals surface area contributed by atoms with Crippen molar-refractivity contribution in [1.29, 1.82) is 5.26 Å². The summed E-state index contributed by atoms with van der Waals surface area (Å²) in [6.07, 6.45) is 0.432. The molecule has 0 saturated carbocycles. The van der Waals surface area contributed by atoms with Gasteiger partial charge in [-0.15, -0.1) is 0 Å². The predicted molar refractivity (Wildman–Crippen MR) is 67.0 cm³/mol. The van der Waals surface area contributed by atoms with Gasteiger partial charge in [0.05, 0.1) is 6.07 Å². The van der Waals surface area contributed by atoms with Crippen molar-refractivity contribution < 1.29 is 12.8 Å². The summed E-state index contributed by atoms with van der Waals surface area (Å²) in [6, 6.07) is 7.12. The van der Waals surface area contributed by atoms with Crippen LogP contribution in [0, 0.1) is 17.1 Å². The maximum absolute atomic E-state index is 13.5. The predicted octanol–water partition coefficient (Wildman–Crippen LogP) is 1.50. The van der Waals surface area contributed by atoms with E-state index >= 15 is 0 Å². The van der Waals surface area contributed by atoms with Crippen LogP contribution in [0.25, 0.3) is 0 Å². The first-order valence-electron chi connectivity index (χ1n) is 5.27. The summed E-state index contributed by atoms with van der Waals surface area (Å²) in [6.45, 7) is 0. The fourth-order valence-corrected chi connectivity index (χ4v) is 4.52. The molecule has 1 aromatic carbocycles. The Morgan fingerprint density at radius 3 is 2.72 bits per heavy atom. The maximum atomic E-state index is 13.5. The zero-order valence-electron chi connectivity index (χ0n) is 9.39. The summed E-state index contributed by atoms with van der Waals surface area (Å²) in [4.78, 5) is -0.420. The topological polar surface area (TPSA) is 70.0 Å². The van der Waals surface area contributed by atoms with Gasteiger partial charge >= 0.3 is 0 Å². The number of nitrogens with zero attached hydrogens (tertiary/aromatic N) is 1. The molecule has 1 aliphatic rings. The Labute approximate surface area is 109 Å². The second kappa shape index (κ2) is 4.88. The van der Waals surface area contributed by atoms with Crippen molar-refractivity contribution in [3.63, 3.8) is 0 Å². The lowest BCUT2D eigenvalue weighted by Gasteiger charge is -2.21. The number of nitriles is 1. The number of nitrogens with one attached hydrogen (secondary N) is 1. The van der Waals surface area contributed by atoms with E-state index < -0.39 is 26.3 Å². The summed E-state index contributed by atoms with van der Waals surface area (Å²) in [5.41, 5.74) is -1.12. The number of rotatable bonds is 3. The molecule has 4 nitrogen and oxygen atoms in total. The summed E-state index contributed by atoms with van der Waals surface area (Å²) in [7, 11) is -4.01. The molecule has 1 aromatic rings. The Kier molecular flexibility index (Phi) is 3.61. The molecule has 0 spiro atoms. The van der Waals surface area contributed by atoms with Crippen LogP contribution in [0.3, 0.4) is 0 Å². The van der Waals surface area contributed by atoms with Crippen molar-refractivity contribution >= 4 is 21.8 Å². The van der Waals surface area contributed by atoms with Gasteiger partial charge < -0.3 is 0 Å². The van der Waals surface area contributed by atoms with Gasteiger partial charge in [-0.2, -0.15) is 21.7 Å². The van der Waals surface area contributed by atoms with Crippen LogP contribution in [0.2, 0.25) is 0 Å². The SMILES string of the molecule is N#C[C@@]1(NS(=O)(=O)c2ccccc2F)CCSC1. The molecule has 1 aliphatic heterocycles. The lowest BCUT2D eigenvalue weighted by molar-refractivity contribution is 0.507. The molecule has 0 unspecified atom stereocenters. The molecule has 0 aromatic heterocycles. The number of sulfonamides is 1. The van der Waals surface area contributed by atoms with E-state index in [1.807, 2.05) is 6.07 Å². The quantitative estimate of drug-likeness (QED) is 0.914. The highest BCUT2D eigenvalue weighted by molar-refractivity contribution is 7.99. The normalized spacial score (nSPS) is 23.8. The standard InChI is InChI=1S/C11H11FN2O2S2/c12-9-3-1-2-4-10(9)18(15,16)14-11(7-13)5-6-17-8-11/h1-4,14H,5-6,8H2/t11-/m0/s1. The molecule has 1 N–H and O–H groups in total. The maximum Gasteiger partial charge on any atom is 0.244 e. The monoisotopic (exact) mass is 286 g/mol. The van der Waals surface area contributed by atoms with E-state index in [2.05, 4.69) is 4.72 Å². The second-order valence-corrected chi connectivity index (χ2v) is 6.79. The minimum absolute atomic E-state index is 0.386. The Morgan fingerprint density at radius 2 is 2.17 bits per heavy atom. The Morgan fingerprint density at radius 1 is 1.44 bits per heavy atom. The van der Waals surface area contributed by atoms with E-state index in [1.54, 1.807) is 0 Å². The van der Waals surface area contributed by atoms with Crippen LogP contribution in [-0.2, 0) is 10.0 Å². The fraction of sp³-hybridized carbons (Fsp3) is 0.364. The van der Waals surface area contributed by atoms with Crippen molar-refractivity contribution in [3.05, 3.63) is 30.1 Å². The Balaban J connectivity index is 2.34. The van der Waals surface area contributed by atoms with Crippen molar-refractivity contribution in [1.82, 2.24) is 4.72 Å². The van der Waals surface area contributed by atoms with Gasteiger partial charge in [0.15, 0.2) is 0 Å². The summed E-state index contributed by atoms with van der Waals surface area (Å²) in [5.74, 6) is 0.286. The van der Waals surface area contributed by atoms with Crippen molar-refractivity contribution in [2.45, 2.75) is 16.9 Å². The Bertz CT molecular complexity index is 589. The number of halogens is 1. The molecule has 96 valence electrons. The third kappa shape index (κ3) is 2.51. The molecule has 18 heavy (non-hydrogen) atoms. The van der Waals surface area contributed by atoms with Crippen molar-refractivity contribution in [3.8, 4) is 6.07 Å². The first kappa shape index (κ1) is 13.3. The van der Waals surface area contributed by atoms with Gasteiger partial charge in [0.2, 0.25) is 10.0 Å². The zero-order valence-corrected chi connectivity index (χ0v) is 11.0. The first-order chi connectivity index (χ1) is 8.49. The minimum atomic E-state index is -4.01. The van der Waals surface area contributed by atoms with E-state index in [9.17, 15) is 12.8 Å². The summed E-state index contributed by atoms with van der Waals surface area (Å²) in [5, 5.41) is 9.11. The molecule has 0 aliphatic carbocycles. The lowest BCUT2D eigenvalue weighted by Crippen LogP contribution is -2.47. The van der Waals surface area contributed by atoms with Crippen LogP contribution in [-0.4, -0.2) is 25.5 Å². The molecule has 1 heterocycles. The second-order valence-electron chi connectivity index (χ2n) is 4.03. The highest BCUT2D eigenvalue weighted by atomic mass is 32.2. The fourth-order valence-electron chi connectivity index (χ4n) is 1.73. The van der Waals surface area contributed by atoms with E-state index in [1.165, 1.54) is 30.0 Å². The van der Waals surface area contributed by atoms with Crippen LogP contribution in [0.1, 0.15) is 6.42 Å². The van der Waals surface area contributed by atoms with Gasteiger partial charge in [0.25, 0.3) is 0 Å². The molecular weight excluding hydrogens is 275 g/mol. The first-order valence-corrected chi connectivity index (χ1v) is 7.90. The smallest absolute Gasteiger partial charge is 0.207 e. The highest BCUT2D eigenvalue weighted by Crippen LogP contribution is 2.29. The molecule has 0 radical (unpaired) electrons. The Hall–Kier alpha value is -1.10. The van der Waals surface area contributed by atoms with E-state index in [4.69, 9.17) is 5.26 Å². The average molecular weight is 286 g/mol. The third-order valence-electron chi connectivity index (χ3n) is 2.69. The number of hydrogen-bond donors (Lipinski definition) is 1. The van der Waals surface area contributed by atoms with Crippen molar-refractivity contribution in [2.75, 3.05) is 11.5 Å². The average Bonchev–Trinajstić information content (AvgIpc) is 2.78. The number of benzene rings is 1.